The number of fused-ring (bicyclic) bond motifs is 3. The molecule has 1 spiro atoms. The van der Waals surface area contributed by atoms with E-state index in [0.29, 0.717) is 51.7 Å². The van der Waals surface area contributed by atoms with E-state index in [-0.39, 0.29) is 23.5 Å². The van der Waals surface area contributed by atoms with Crippen molar-refractivity contribution in [3.8, 4) is 0 Å². The Bertz CT molecular complexity index is 1160. The van der Waals surface area contributed by atoms with Gasteiger partial charge in [0.1, 0.15) is 23.9 Å². The number of aliphatic hydroxyl groups excluding tert-OH is 2. The molecule has 4 aliphatic heterocycles. The molecule has 4 rings (SSSR count). The number of likely N-dealkylation sites (N-methyl/N-ethyl adjacent to an activating group) is 2. The Morgan fingerprint density at radius 2 is 1.71 bits per heavy atom. The first-order valence-corrected chi connectivity index (χ1v) is 20.1. The molecule has 12 heteroatoms. The fourth-order valence-electron chi connectivity index (χ4n) is 9.33. The summed E-state index contributed by atoms with van der Waals surface area (Å²) in [6, 6.07) is -0.605. The molecule has 14 atom stereocenters. The van der Waals surface area contributed by atoms with Crippen LogP contribution in [-0.2, 0) is 28.5 Å². The molecule has 0 radical (unpaired) electrons. The SMILES string of the molecule is CC[C@H]1OC(=O)[C@H](C)[C@H]2OC3(CCNCC3)OC(C)(C[C@@H](C)CN(C)[C@H](C)[C@@H](O)[C@]1(C)O)[C@H](O[C@@H]1O[C@H](C)C[C@H](N(C)CCC(C)(C)C)[C@H]1O)[C@H]2C. The van der Waals surface area contributed by atoms with Gasteiger partial charge < -0.3 is 54.1 Å². The van der Waals surface area contributed by atoms with Gasteiger partial charge in [0.2, 0.25) is 0 Å². The van der Waals surface area contributed by atoms with Gasteiger partial charge in [-0.15, -0.1) is 0 Å². The molecular weight excluding hydrogens is 666 g/mol. The smallest absolute Gasteiger partial charge is 0.311 e. The minimum absolute atomic E-state index is 0.0537. The highest BCUT2D eigenvalue weighted by Gasteiger charge is 2.58. The Hall–Kier alpha value is -0.930. The molecule has 0 saturated carbocycles. The maximum Gasteiger partial charge on any atom is 0.311 e. The van der Waals surface area contributed by atoms with Crippen molar-refractivity contribution in [1.29, 1.82) is 0 Å². The Morgan fingerprint density at radius 3 is 2.31 bits per heavy atom. The van der Waals surface area contributed by atoms with E-state index in [1.165, 1.54) is 0 Å². The molecule has 4 fully saturated rings. The van der Waals surface area contributed by atoms with Crippen LogP contribution in [-0.4, -0.2) is 143 Å². The van der Waals surface area contributed by atoms with Crippen molar-refractivity contribution in [2.75, 3.05) is 40.3 Å². The average Bonchev–Trinajstić information content (AvgIpc) is 3.13. The maximum atomic E-state index is 14.2. The monoisotopic (exact) mass is 742 g/mol. The van der Waals surface area contributed by atoms with Crippen molar-refractivity contribution in [3.05, 3.63) is 0 Å². The van der Waals surface area contributed by atoms with Gasteiger partial charge in [0.05, 0.1) is 29.8 Å². The average molecular weight is 742 g/mol. The fourth-order valence-corrected chi connectivity index (χ4v) is 9.33. The number of ether oxygens (including phenoxy) is 5. The Labute approximate surface area is 314 Å². The summed E-state index contributed by atoms with van der Waals surface area (Å²) in [5, 5.41) is 38.6. The van der Waals surface area contributed by atoms with E-state index < -0.39 is 77.6 Å². The molecule has 0 aliphatic carbocycles. The molecule has 1 unspecified atom stereocenters. The molecule has 0 aromatic rings. The van der Waals surface area contributed by atoms with E-state index in [4.69, 9.17) is 23.7 Å². The molecule has 2 bridgehead atoms. The summed E-state index contributed by atoms with van der Waals surface area (Å²) in [6.45, 7) is 24.9. The van der Waals surface area contributed by atoms with E-state index in [1.54, 1.807) is 13.8 Å². The highest BCUT2D eigenvalue weighted by Crippen LogP contribution is 2.47. The molecule has 4 aliphatic rings. The van der Waals surface area contributed by atoms with Crippen LogP contribution in [0, 0.1) is 23.2 Å². The highest BCUT2D eigenvalue weighted by molar-refractivity contribution is 5.73. The first kappa shape index (κ1) is 43.8. The number of nitrogens with zero attached hydrogens (tertiary/aromatic N) is 2. The van der Waals surface area contributed by atoms with Crippen molar-refractivity contribution in [2.24, 2.45) is 23.2 Å². The maximum absolute atomic E-state index is 14.2. The number of piperidine rings is 1. The summed E-state index contributed by atoms with van der Waals surface area (Å²) in [6.07, 6.45) is -1.72. The molecule has 0 amide bonds. The molecule has 12 nitrogen and oxygen atoms in total. The van der Waals surface area contributed by atoms with Crippen LogP contribution in [0.4, 0.5) is 0 Å². The summed E-state index contributed by atoms with van der Waals surface area (Å²) >= 11 is 0. The number of carbonyl (C=O) groups is 1. The van der Waals surface area contributed by atoms with Gasteiger partial charge in [-0.1, -0.05) is 41.5 Å². The molecule has 304 valence electrons. The second-order valence-electron chi connectivity index (χ2n) is 18.8. The quantitative estimate of drug-likeness (QED) is 0.293. The number of nitrogens with one attached hydrogen (secondary N) is 1. The van der Waals surface area contributed by atoms with Gasteiger partial charge in [0.25, 0.3) is 0 Å². The minimum atomic E-state index is -1.69. The number of hydrogen-bond acceptors (Lipinski definition) is 12. The lowest BCUT2D eigenvalue weighted by atomic mass is 9.78. The second kappa shape index (κ2) is 17.1. The second-order valence-corrected chi connectivity index (χ2v) is 18.8. The van der Waals surface area contributed by atoms with Crippen LogP contribution in [0.25, 0.3) is 0 Å². The molecule has 52 heavy (non-hydrogen) atoms. The van der Waals surface area contributed by atoms with Gasteiger partial charge in [-0.2, -0.15) is 0 Å². The van der Waals surface area contributed by atoms with E-state index in [0.717, 1.165) is 13.0 Å². The molecule has 0 aromatic heterocycles. The molecule has 4 heterocycles. The van der Waals surface area contributed by atoms with Crippen molar-refractivity contribution in [1.82, 2.24) is 15.1 Å². The topological polar surface area (TPSA) is 142 Å². The van der Waals surface area contributed by atoms with Crippen molar-refractivity contribution < 1.29 is 43.8 Å². The van der Waals surface area contributed by atoms with Crippen LogP contribution in [0.1, 0.15) is 115 Å². The van der Waals surface area contributed by atoms with Crippen molar-refractivity contribution in [3.63, 3.8) is 0 Å². The van der Waals surface area contributed by atoms with E-state index in [9.17, 15) is 20.1 Å². The van der Waals surface area contributed by atoms with Gasteiger partial charge >= 0.3 is 5.97 Å². The third-order valence-electron chi connectivity index (χ3n) is 12.7. The van der Waals surface area contributed by atoms with Gasteiger partial charge in [-0.25, -0.2) is 0 Å². The standard InChI is InChI=1S/C40H75N3O9/c1-14-30-39(11,47)33(45)28(6)43(13)23-24(2)22-38(10)34(50-36-31(44)29(21-25(3)48-36)42(12)20-17-37(7,8)9)26(4)32(27(5)35(46)49-30)51-40(52-38)15-18-41-19-16-40/h24-34,36,41,44-45,47H,14-23H2,1-13H3/t24-,25-,26+,27-,28-,29+,30-,31-,32+,33-,34-,36+,38?,39-/m1/s1. The summed E-state index contributed by atoms with van der Waals surface area (Å²) in [7, 11) is 4.01. The van der Waals surface area contributed by atoms with Crippen LogP contribution in [0.2, 0.25) is 0 Å². The lowest BCUT2D eigenvalue weighted by Gasteiger charge is -2.49. The molecular formula is C40H75N3O9. The number of esters is 1. The van der Waals surface area contributed by atoms with Gasteiger partial charge in [0, 0.05) is 50.5 Å². The Balaban J connectivity index is 1.80. The first-order chi connectivity index (χ1) is 24.0. The Morgan fingerprint density at radius 1 is 1.08 bits per heavy atom. The predicted molar refractivity (Wildman–Crippen MR) is 201 cm³/mol. The summed E-state index contributed by atoms with van der Waals surface area (Å²) in [4.78, 5) is 18.5. The summed E-state index contributed by atoms with van der Waals surface area (Å²) in [5.74, 6) is -2.61. The normalized spacial score (nSPS) is 44.6. The van der Waals surface area contributed by atoms with Gasteiger partial charge in [-0.05, 0) is 92.3 Å². The number of carbonyl (C=O) groups excluding carboxylic acids is 1. The van der Waals surface area contributed by atoms with Crippen LogP contribution < -0.4 is 5.32 Å². The van der Waals surface area contributed by atoms with E-state index in [1.807, 2.05) is 39.6 Å². The first-order valence-electron chi connectivity index (χ1n) is 20.1. The summed E-state index contributed by atoms with van der Waals surface area (Å²) < 4.78 is 34.0. The Kier molecular flexibility index (Phi) is 14.4. The zero-order valence-corrected chi connectivity index (χ0v) is 34.7. The predicted octanol–water partition coefficient (Wildman–Crippen LogP) is 3.92. The zero-order chi connectivity index (χ0) is 39.0. The van der Waals surface area contributed by atoms with Crippen molar-refractivity contribution in [2.45, 2.75) is 187 Å². The zero-order valence-electron chi connectivity index (χ0n) is 34.7. The summed E-state index contributed by atoms with van der Waals surface area (Å²) in [5.41, 5.74) is -2.46. The van der Waals surface area contributed by atoms with E-state index in [2.05, 4.69) is 51.9 Å². The fraction of sp³-hybridized carbons (Fsp3) is 0.975. The van der Waals surface area contributed by atoms with Crippen molar-refractivity contribution >= 4 is 5.97 Å². The highest BCUT2D eigenvalue weighted by atomic mass is 16.7. The van der Waals surface area contributed by atoms with Crippen LogP contribution in [0.15, 0.2) is 0 Å². The van der Waals surface area contributed by atoms with Crippen LogP contribution in [0.5, 0.6) is 0 Å². The van der Waals surface area contributed by atoms with Gasteiger partial charge in [0.15, 0.2) is 12.1 Å². The lowest BCUT2D eigenvalue weighted by molar-refractivity contribution is -0.329. The minimum Gasteiger partial charge on any atom is -0.459 e. The third kappa shape index (κ3) is 9.89. The number of hydrogen-bond donors (Lipinski definition) is 4. The molecule has 0 aromatic carbocycles. The number of aliphatic hydroxyl groups is 3. The number of rotatable bonds is 6. The molecule has 4 saturated heterocycles. The van der Waals surface area contributed by atoms with E-state index >= 15 is 0 Å². The largest absolute Gasteiger partial charge is 0.459 e. The lowest BCUT2D eigenvalue weighted by Crippen LogP contribution is -2.60. The van der Waals surface area contributed by atoms with Crippen LogP contribution in [0.3, 0.4) is 0 Å². The molecule has 4 N–H and O–H groups in total. The number of cyclic esters (lactones) is 1. The van der Waals surface area contributed by atoms with Gasteiger partial charge in [-0.3, -0.25) is 4.79 Å². The van der Waals surface area contributed by atoms with Crippen LogP contribution >= 0.6 is 0 Å². The third-order valence-corrected chi connectivity index (χ3v) is 12.7.